The van der Waals surface area contributed by atoms with E-state index in [9.17, 15) is 0 Å². The second-order valence-corrected chi connectivity index (χ2v) is 9.01. The first kappa shape index (κ1) is 22.1. The summed E-state index contributed by atoms with van der Waals surface area (Å²) < 4.78 is 5.96. The second kappa shape index (κ2) is 12.1. The summed E-state index contributed by atoms with van der Waals surface area (Å²) in [5.74, 6) is 0.972. The Morgan fingerprint density at radius 2 is 1.26 bits per heavy atom. The van der Waals surface area contributed by atoms with E-state index >= 15 is 0 Å². The van der Waals surface area contributed by atoms with Crippen molar-refractivity contribution in [3.05, 3.63) is 60.2 Å². The summed E-state index contributed by atoms with van der Waals surface area (Å²) in [4.78, 5) is 5.12. The van der Waals surface area contributed by atoms with Crippen LogP contribution in [-0.4, -0.2) is 55.7 Å². The van der Waals surface area contributed by atoms with Crippen molar-refractivity contribution in [1.29, 1.82) is 0 Å². The Kier molecular flexibility index (Phi) is 8.61. The van der Waals surface area contributed by atoms with Crippen molar-refractivity contribution < 1.29 is 4.74 Å². The molecule has 2 heterocycles. The van der Waals surface area contributed by atoms with Crippen LogP contribution in [0.4, 0.5) is 0 Å². The maximum atomic E-state index is 5.96. The van der Waals surface area contributed by atoms with Crippen LogP contribution in [-0.2, 0) is 0 Å². The molecule has 2 aliphatic rings. The lowest BCUT2D eigenvalue weighted by Gasteiger charge is -2.26. The van der Waals surface area contributed by atoms with Gasteiger partial charge in [-0.1, -0.05) is 61.4 Å². The highest BCUT2D eigenvalue weighted by Crippen LogP contribution is 2.23. The zero-order valence-corrected chi connectivity index (χ0v) is 19.0. The Balaban J connectivity index is 1.21. The van der Waals surface area contributed by atoms with E-state index in [0.29, 0.717) is 0 Å². The molecule has 0 amide bonds. The molecule has 0 atom stereocenters. The molecule has 2 aromatic rings. The molecule has 0 unspecified atom stereocenters. The van der Waals surface area contributed by atoms with Crippen LogP contribution in [0.5, 0.6) is 5.75 Å². The van der Waals surface area contributed by atoms with Gasteiger partial charge in [-0.2, -0.15) is 0 Å². The Hall–Kier alpha value is -2.10. The van der Waals surface area contributed by atoms with Gasteiger partial charge in [0.25, 0.3) is 0 Å². The van der Waals surface area contributed by atoms with Crippen LogP contribution in [0.1, 0.15) is 50.5 Å². The molecular formula is C28H38N2O. The standard InChI is InChI=1S/C28H38N2O/c1-3-18-29(19-4-1)22-7-9-25-10-12-26(13-11-25)27-14-16-28(17-15-27)31-24-8-23-30-20-5-2-6-21-30/h7,9-17H,1-6,8,18-24H2. The fourth-order valence-electron chi connectivity index (χ4n) is 4.67. The summed E-state index contributed by atoms with van der Waals surface area (Å²) in [5.41, 5.74) is 3.77. The summed E-state index contributed by atoms with van der Waals surface area (Å²) >= 11 is 0. The maximum absolute atomic E-state index is 5.96. The normalized spacial score (nSPS) is 18.5. The summed E-state index contributed by atoms with van der Waals surface area (Å²) in [5, 5.41) is 0. The van der Waals surface area contributed by atoms with Crippen LogP contribution in [0.15, 0.2) is 54.6 Å². The van der Waals surface area contributed by atoms with Crippen molar-refractivity contribution >= 4 is 6.08 Å². The van der Waals surface area contributed by atoms with Gasteiger partial charge in [0.05, 0.1) is 6.61 Å². The Morgan fingerprint density at radius 1 is 0.677 bits per heavy atom. The lowest BCUT2D eigenvalue weighted by atomic mass is 10.0. The van der Waals surface area contributed by atoms with Gasteiger partial charge in [-0.25, -0.2) is 0 Å². The third-order valence-electron chi connectivity index (χ3n) is 6.56. The Bertz CT molecular complexity index is 785. The van der Waals surface area contributed by atoms with Crippen molar-refractivity contribution in [2.24, 2.45) is 0 Å². The number of piperidine rings is 2. The van der Waals surface area contributed by atoms with E-state index in [1.54, 1.807) is 0 Å². The molecule has 31 heavy (non-hydrogen) atoms. The minimum absolute atomic E-state index is 0.800. The Labute approximate surface area is 188 Å². The summed E-state index contributed by atoms with van der Waals surface area (Å²) in [6.07, 6.45) is 13.9. The van der Waals surface area contributed by atoms with Gasteiger partial charge in [0, 0.05) is 13.1 Å². The van der Waals surface area contributed by atoms with Crippen LogP contribution in [0, 0.1) is 0 Å². The van der Waals surface area contributed by atoms with E-state index in [-0.39, 0.29) is 0 Å². The van der Waals surface area contributed by atoms with Gasteiger partial charge in [-0.05, 0) is 87.1 Å². The predicted octanol–water partition coefficient (Wildman–Crippen LogP) is 6.11. The van der Waals surface area contributed by atoms with Gasteiger partial charge < -0.3 is 9.64 Å². The molecule has 0 bridgehead atoms. The zero-order valence-electron chi connectivity index (χ0n) is 19.0. The third kappa shape index (κ3) is 7.22. The average Bonchev–Trinajstić information content (AvgIpc) is 2.84. The van der Waals surface area contributed by atoms with Crippen molar-refractivity contribution in [2.45, 2.75) is 44.9 Å². The minimum Gasteiger partial charge on any atom is -0.494 e. The molecule has 0 aromatic heterocycles. The minimum atomic E-state index is 0.800. The molecule has 4 rings (SSSR count). The van der Waals surface area contributed by atoms with E-state index in [2.05, 4.69) is 70.5 Å². The maximum Gasteiger partial charge on any atom is 0.119 e. The first-order valence-electron chi connectivity index (χ1n) is 12.3. The smallest absolute Gasteiger partial charge is 0.119 e. The lowest BCUT2D eigenvalue weighted by Crippen LogP contribution is -2.31. The molecule has 2 saturated heterocycles. The number of ether oxygens (including phenoxy) is 1. The molecule has 0 radical (unpaired) electrons. The zero-order chi connectivity index (χ0) is 21.1. The fraction of sp³-hybridized carbons (Fsp3) is 0.500. The van der Waals surface area contributed by atoms with Crippen LogP contribution >= 0.6 is 0 Å². The van der Waals surface area contributed by atoms with Crippen molar-refractivity contribution in [3.8, 4) is 16.9 Å². The van der Waals surface area contributed by atoms with Crippen molar-refractivity contribution in [3.63, 3.8) is 0 Å². The third-order valence-corrected chi connectivity index (χ3v) is 6.56. The van der Waals surface area contributed by atoms with Gasteiger partial charge in [0.2, 0.25) is 0 Å². The molecule has 166 valence electrons. The monoisotopic (exact) mass is 418 g/mol. The SMILES string of the molecule is C(=Cc1ccc(-c2ccc(OCCCN3CCCCC3)cc2)cc1)CN1CCCCC1. The highest BCUT2D eigenvalue weighted by atomic mass is 16.5. The molecule has 0 N–H and O–H groups in total. The van der Waals surface area contributed by atoms with Gasteiger partial charge in [-0.15, -0.1) is 0 Å². The number of hydrogen-bond acceptors (Lipinski definition) is 3. The number of benzene rings is 2. The van der Waals surface area contributed by atoms with Crippen molar-refractivity contribution in [2.75, 3.05) is 45.9 Å². The van der Waals surface area contributed by atoms with E-state index in [0.717, 1.165) is 31.9 Å². The molecule has 2 fully saturated rings. The highest BCUT2D eigenvalue weighted by molar-refractivity contribution is 5.66. The van der Waals surface area contributed by atoms with Gasteiger partial charge in [0.1, 0.15) is 5.75 Å². The number of likely N-dealkylation sites (tertiary alicyclic amines) is 2. The highest BCUT2D eigenvalue weighted by Gasteiger charge is 2.09. The fourth-order valence-corrected chi connectivity index (χ4v) is 4.67. The van der Waals surface area contributed by atoms with Gasteiger partial charge >= 0.3 is 0 Å². The van der Waals surface area contributed by atoms with Crippen LogP contribution in [0.25, 0.3) is 17.2 Å². The number of nitrogens with zero attached hydrogens (tertiary/aromatic N) is 2. The van der Waals surface area contributed by atoms with E-state index < -0.39 is 0 Å². The number of rotatable bonds is 9. The topological polar surface area (TPSA) is 15.7 Å². The molecule has 0 aliphatic carbocycles. The molecular weight excluding hydrogens is 380 g/mol. The van der Waals surface area contributed by atoms with E-state index in [1.165, 1.54) is 81.4 Å². The largest absolute Gasteiger partial charge is 0.494 e. The van der Waals surface area contributed by atoms with E-state index in [4.69, 9.17) is 4.74 Å². The first-order valence-corrected chi connectivity index (χ1v) is 12.3. The molecule has 0 saturated carbocycles. The molecule has 3 heteroatoms. The Morgan fingerprint density at radius 3 is 1.90 bits per heavy atom. The summed E-state index contributed by atoms with van der Waals surface area (Å²) in [6.45, 7) is 8.07. The molecule has 0 spiro atoms. The quantitative estimate of drug-likeness (QED) is 0.457. The molecule has 2 aromatic carbocycles. The second-order valence-electron chi connectivity index (χ2n) is 9.01. The summed E-state index contributed by atoms with van der Waals surface area (Å²) in [7, 11) is 0. The number of hydrogen-bond donors (Lipinski definition) is 0. The van der Waals surface area contributed by atoms with Crippen molar-refractivity contribution in [1.82, 2.24) is 9.80 Å². The molecule has 2 aliphatic heterocycles. The molecule has 3 nitrogen and oxygen atoms in total. The van der Waals surface area contributed by atoms with Crippen LogP contribution < -0.4 is 4.74 Å². The van der Waals surface area contributed by atoms with Gasteiger partial charge in [-0.3, -0.25) is 4.90 Å². The first-order chi connectivity index (χ1) is 15.4. The lowest BCUT2D eigenvalue weighted by molar-refractivity contribution is 0.205. The summed E-state index contributed by atoms with van der Waals surface area (Å²) in [6, 6.07) is 17.4. The average molecular weight is 419 g/mol. The van der Waals surface area contributed by atoms with Crippen LogP contribution in [0.2, 0.25) is 0 Å². The van der Waals surface area contributed by atoms with Gasteiger partial charge in [0.15, 0.2) is 0 Å². The van der Waals surface area contributed by atoms with Crippen LogP contribution in [0.3, 0.4) is 0 Å². The predicted molar refractivity (Wildman–Crippen MR) is 132 cm³/mol. The van der Waals surface area contributed by atoms with E-state index in [1.807, 2.05) is 0 Å².